The van der Waals surface area contributed by atoms with E-state index in [1.807, 2.05) is 26.8 Å². The monoisotopic (exact) mass is 598 g/mol. The third kappa shape index (κ3) is 10.2. The predicted molar refractivity (Wildman–Crippen MR) is 157 cm³/mol. The minimum Gasteiger partial charge on any atom is -0.466 e. The van der Waals surface area contributed by atoms with Gasteiger partial charge in [-0.2, -0.15) is 0 Å². The number of aryl methyl sites for hydroxylation is 2. The van der Waals surface area contributed by atoms with Crippen LogP contribution in [-0.4, -0.2) is 37.3 Å². The van der Waals surface area contributed by atoms with Gasteiger partial charge in [-0.25, -0.2) is 0 Å². The van der Waals surface area contributed by atoms with Gasteiger partial charge in [0.05, 0.1) is 19.1 Å². The second-order valence-corrected chi connectivity index (χ2v) is 10.3. The summed E-state index contributed by atoms with van der Waals surface area (Å²) in [6, 6.07) is 17.4. The van der Waals surface area contributed by atoms with Crippen LogP contribution in [-0.2, 0) is 9.53 Å². The molecule has 0 aliphatic rings. The van der Waals surface area contributed by atoms with Crippen molar-refractivity contribution >= 4 is 17.8 Å². The molecule has 0 spiro atoms. The number of ether oxygens (including phenoxy) is 2. The number of benzene rings is 3. The summed E-state index contributed by atoms with van der Waals surface area (Å²) in [6.45, 7) is 7.91. The second kappa shape index (κ2) is 15.2. The summed E-state index contributed by atoms with van der Waals surface area (Å²) in [5, 5.41) is 5.81. The lowest BCUT2D eigenvalue weighted by atomic mass is 9.83. The van der Waals surface area contributed by atoms with E-state index in [2.05, 4.69) is 15.4 Å². The fraction of sp³-hybridized carbons (Fsp3) is 0.364. The smallest absolute Gasteiger partial charge is 0.466 e. The van der Waals surface area contributed by atoms with E-state index >= 15 is 0 Å². The van der Waals surface area contributed by atoms with Crippen molar-refractivity contribution < 1.29 is 37.0 Å². The normalized spacial score (nSPS) is 12.6. The van der Waals surface area contributed by atoms with Crippen molar-refractivity contribution in [1.82, 2.24) is 10.6 Å². The van der Waals surface area contributed by atoms with Crippen molar-refractivity contribution in [3.05, 3.63) is 100 Å². The highest BCUT2D eigenvalue weighted by atomic mass is 19.4. The van der Waals surface area contributed by atoms with Gasteiger partial charge in [-0.3, -0.25) is 14.4 Å². The number of esters is 1. The standard InChI is InChI=1S/C33H37F3N2O5/c1-5-7-28(23-8-10-25(11-9-23)31(40)37-17-16-29(39)42-6-2)30(24-12-14-27(15-13-24)43-33(34,35)36)38-32(41)26-19-21(3)18-22(4)20-26/h8-15,18-20,28,30H,5-7,16-17H2,1-4H3,(H,37,40)(H,38,41). The quantitative estimate of drug-likeness (QED) is 0.208. The zero-order valence-corrected chi connectivity index (χ0v) is 24.7. The van der Waals surface area contributed by atoms with Crippen LogP contribution >= 0.6 is 0 Å². The van der Waals surface area contributed by atoms with Gasteiger partial charge >= 0.3 is 12.3 Å². The van der Waals surface area contributed by atoms with Crippen LogP contribution in [0.5, 0.6) is 5.75 Å². The van der Waals surface area contributed by atoms with Crippen LogP contribution in [0.3, 0.4) is 0 Å². The molecule has 10 heteroatoms. The molecule has 0 saturated carbocycles. The Labute approximate surface area is 249 Å². The van der Waals surface area contributed by atoms with Gasteiger partial charge < -0.3 is 20.1 Å². The molecule has 3 aromatic carbocycles. The molecule has 2 unspecified atom stereocenters. The van der Waals surface area contributed by atoms with Crippen LogP contribution in [0, 0.1) is 13.8 Å². The van der Waals surface area contributed by atoms with Crippen LogP contribution in [0.15, 0.2) is 66.7 Å². The van der Waals surface area contributed by atoms with Crippen molar-refractivity contribution in [3.8, 4) is 5.75 Å². The minimum atomic E-state index is -4.82. The number of nitrogens with one attached hydrogen (secondary N) is 2. The van der Waals surface area contributed by atoms with Crippen LogP contribution in [0.4, 0.5) is 13.2 Å². The van der Waals surface area contributed by atoms with Crippen molar-refractivity contribution in [3.63, 3.8) is 0 Å². The molecule has 2 amide bonds. The molecule has 0 heterocycles. The number of alkyl halides is 3. The average molecular weight is 599 g/mol. The maximum absolute atomic E-state index is 13.5. The highest BCUT2D eigenvalue weighted by Crippen LogP contribution is 2.36. The highest BCUT2D eigenvalue weighted by Gasteiger charge is 2.32. The van der Waals surface area contributed by atoms with E-state index in [1.54, 1.807) is 43.3 Å². The Balaban J connectivity index is 1.90. The first-order valence-corrected chi connectivity index (χ1v) is 14.2. The van der Waals surface area contributed by atoms with Crippen LogP contribution in [0.2, 0.25) is 0 Å². The molecule has 3 rings (SSSR count). The van der Waals surface area contributed by atoms with Crippen LogP contribution in [0.1, 0.15) is 88.0 Å². The number of carbonyl (C=O) groups excluding carboxylic acids is 3. The van der Waals surface area contributed by atoms with Crippen LogP contribution < -0.4 is 15.4 Å². The summed E-state index contributed by atoms with van der Waals surface area (Å²) < 4.78 is 47.2. The van der Waals surface area contributed by atoms with E-state index in [0.29, 0.717) is 23.1 Å². The van der Waals surface area contributed by atoms with Gasteiger partial charge in [-0.1, -0.05) is 54.8 Å². The SMILES string of the molecule is CCCC(c1ccc(C(=O)NCCC(=O)OCC)cc1)C(NC(=O)c1cc(C)cc(C)c1)c1ccc(OC(F)(F)F)cc1. The van der Waals surface area contributed by atoms with Crippen molar-refractivity contribution in [1.29, 1.82) is 0 Å². The van der Waals surface area contributed by atoms with E-state index in [-0.39, 0.29) is 43.1 Å². The Bertz CT molecular complexity index is 1370. The molecular formula is C33H37F3N2O5. The van der Waals surface area contributed by atoms with Gasteiger partial charge in [0.2, 0.25) is 0 Å². The van der Waals surface area contributed by atoms with Gasteiger partial charge in [0.1, 0.15) is 5.75 Å². The number of hydrogen-bond acceptors (Lipinski definition) is 5. The van der Waals surface area contributed by atoms with Crippen LogP contribution in [0.25, 0.3) is 0 Å². The Hall–Kier alpha value is -4.34. The van der Waals surface area contributed by atoms with Gasteiger partial charge in [-0.05, 0) is 74.7 Å². The Morgan fingerprint density at radius 2 is 1.42 bits per heavy atom. The first-order valence-electron chi connectivity index (χ1n) is 14.2. The number of halogens is 3. The third-order valence-electron chi connectivity index (χ3n) is 6.77. The predicted octanol–water partition coefficient (Wildman–Crippen LogP) is 6.94. The Morgan fingerprint density at radius 1 is 0.814 bits per heavy atom. The van der Waals surface area contributed by atoms with Gasteiger partial charge in [-0.15, -0.1) is 13.2 Å². The van der Waals surface area contributed by atoms with Gasteiger partial charge in [0.25, 0.3) is 11.8 Å². The second-order valence-electron chi connectivity index (χ2n) is 10.3. The fourth-order valence-electron chi connectivity index (χ4n) is 4.96. The maximum atomic E-state index is 13.5. The van der Waals surface area contributed by atoms with Gasteiger partial charge in [0, 0.05) is 23.6 Å². The molecule has 0 aliphatic heterocycles. The number of hydrogen-bond donors (Lipinski definition) is 2. The third-order valence-corrected chi connectivity index (χ3v) is 6.77. The molecule has 0 aromatic heterocycles. The lowest BCUT2D eigenvalue weighted by molar-refractivity contribution is -0.274. The largest absolute Gasteiger partial charge is 0.573 e. The first kappa shape index (κ1) is 33.2. The van der Waals surface area contributed by atoms with Crippen molar-refractivity contribution in [2.45, 2.75) is 65.3 Å². The molecule has 2 atom stereocenters. The van der Waals surface area contributed by atoms with E-state index in [1.165, 1.54) is 24.3 Å². The zero-order chi connectivity index (χ0) is 31.6. The topological polar surface area (TPSA) is 93.7 Å². The zero-order valence-electron chi connectivity index (χ0n) is 24.7. The lowest BCUT2D eigenvalue weighted by Crippen LogP contribution is -2.33. The van der Waals surface area contributed by atoms with E-state index < -0.39 is 18.4 Å². The molecule has 3 aromatic rings. The molecule has 43 heavy (non-hydrogen) atoms. The first-order chi connectivity index (χ1) is 20.4. The molecule has 0 saturated heterocycles. The summed E-state index contributed by atoms with van der Waals surface area (Å²) >= 11 is 0. The summed E-state index contributed by atoms with van der Waals surface area (Å²) in [5.41, 5.74) is 4.17. The lowest BCUT2D eigenvalue weighted by Gasteiger charge is -2.29. The fourth-order valence-corrected chi connectivity index (χ4v) is 4.96. The molecule has 0 bridgehead atoms. The van der Waals surface area contributed by atoms with E-state index in [9.17, 15) is 27.6 Å². The minimum absolute atomic E-state index is 0.0604. The Morgan fingerprint density at radius 3 is 1.98 bits per heavy atom. The van der Waals surface area contributed by atoms with Crippen molar-refractivity contribution in [2.24, 2.45) is 0 Å². The molecule has 2 N–H and O–H groups in total. The molecule has 0 aliphatic carbocycles. The van der Waals surface area contributed by atoms with Crippen molar-refractivity contribution in [2.75, 3.05) is 13.2 Å². The van der Waals surface area contributed by atoms with E-state index in [4.69, 9.17) is 4.74 Å². The molecule has 0 radical (unpaired) electrons. The average Bonchev–Trinajstić information content (AvgIpc) is 2.94. The molecule has 7 nitrogen and oxygen atoms in total. The highest BCUT2D eigenvalue weighted by molar-refractivity contribution is 5.95. The maximum Gasteiger partial charge on any atom is 0.573 e. The molecule has 0 fully saturated rings. The molecule has 230 valence electrons. The summed E-state index contributed by atoms with van der Waals surface area (Å²) in [4.78, 5) is 37.7. The van der Waals surface area contributed by atoms with E-state index in [0.717, 1.165) is 23.1 Å². The number of carbonyl (C=O) groups is 3. The number of amides is 2. The summed E-state index contributed by atoms with van der Waals surface area (Å²) in [5.74, 6) is -1.68. The van der Waals surface area contributed by atoms with Gasteiger partial charge in [0.15, 0.2) is 0 Å². The Kier molecular flexibility index (Phi) is 11.7. The summed E-state index contributed by atoms with van der Waals surface area (Å²) in [6.07, 6.45) is -3.36. The summed E-state index contributed by atoms with van der Waals surface area (Å²) in [7, 11) is 0. The number of rotatable bonds is 13. The molecular weight excluding hydrogens is 561 g/mol.